The van der Waals surface area contributed by atoms with E-state index in [1.165, 1.54) is 43.4 Å². The second-order valence-corrected chi connectivity index (χ2v) is 10.7. The SMILES string of the molecule is CCCOC(C1CCCCC1)C(CCN1CCN(c2cccc3c2OCCO3)CC1)c1ccccc1. The van der Waals surface area contributed by atoms with Gasteiger partial charge in [0.2, 0.25) is 0 Å². The first-order chi connectivity index (χ1) is 17.8. The summed E-state index contributed by atoms with van der Waals surface area (Å²) in [5.41, 5.74) is 2.63. The van der Waals surface area contributed by atoms with Gasteiger partial charge in [0.25, 0.3) is 0 Å². The Morgan fingerprint density at radius 1 is 0.889 bits per heavy atom. The van der Waals surface area contributed by atoms with Crippen molar-refractivity contribution in [2.75, 3.05) is 57.4 Å². The van der Waals surface area contributed by atoms with Crippen molar-refractivity contribution in [1.82, 2.24) is 4.90 Å². The van der Waals surface area contributed by atoms with Gasteiger partial charge in [0.1, 0.15) is 13.2 Å². The molecule has 36 heavy (non-hydrogen) atoms. The summed E-state index contributed by atoms with van der Waals surface area (Å²) < 4.78 is 18.5. The van der Waals surface area contributed by atoms with E-state index in [-0.39, 0.29) is 0 Å². The van der Waals surface area contributed by atoms with Gasteiger partial charge in [-0.1, -0.05) is 62.6 Å². The number of nitrogens with zero attached hydrogens (tertiary/aromatic N) is 2. The first kappa shape index (κ1) is 25.4. The molecule has 2 fully saturated rings. The van der Waals surface area contributed by atoms with Gasteiger partial charge >= 0.3 is 0 Å². The van der Waals surface area contributed by atoms with Crippen molar-refractivity contribution < 1.29 is 14.2 Å². The zero-order valence-corrected chi connectivity index (χ0v) is 22.1. The van der Waals surface area contributed by atoms with Crippen molar-refractivity contribution in [2.24, 2.45) is 5.92 Å². The number of rotatable bonds is 10. The van der Waals surface area contributed by atoms with Gasteiger partial charge in [-0.3, -0.25) is 4.90 Å². The summed E-state index contributed by atoms with van der Waals surface area (Å²) in [4.78, 5) is 5.12. The third kappa shape index (κ3) is 6.18. The van der Waals surface area contributed by atoms with E-state index in [9.17, 15) is 0 Å². The molecule has 5 rings (SSSR count). The lowest BCUT2D eigenvalue weighted by atomic mass is 9.76. The lowest BCUT2D eigenvalue weighted by Gasteiger charge is -2.39. The minimum absolute atomic E-state index is 0.335. The van der Waals surface area contributed by atoms with E-state index in [1.807, 2.05) is 6.07 Å². The van der Waals surface area contributed by atoms with Crippen LogP contribution in [-0.2, 0) is 4.74 Å². The summed E-state index contributed by atoms with van der Waals surface area (Å²) >= 11 is 0. The van der Waals surface area contributed by atoms with Crippen LogP contribution in [0.2, 0.25) is 0 Å². The van der Waals surface area contributed by atoms with Gasteiger partial charge in [0.05, 0.1) is 11.8 Å². The Bertz CT molecular complexity index is 923. The fourth-order valence-electron chi connectivity index (χ4n) is 6.36. The van der Waals surface area contributed by atoms with Crippen LogP contribution in [0.5, 0.6) is 11.5 Å². The Kier molecular flexibility index (Phi) is 9.05. The summed E-state index contributed by atoms with van der Waals surface area (Å²) in [6.45, 7) is 9.70. The Hall–Kier alpha value is -2.24. The van der Waals surface area contributed by atoms with Gasteiger partial charge in [-0.15, -0.1) is 0 Å². The molecule has 0 radical (unpaired) electrons. The number of ether oxygens (including phenoxy) is 3. The average Bonchev–Trinajstić information content (AvgIpc) is 2.96. The topological polar surface area (TPSA) is 34.2 Å². The van der Waals surface area contributed by atoms with Gasteiger partial charge < -0.3 is 19.1 Å². The van der Waals surface area contributed by atoms with Gasteiger partial charge in [0.15, 0.2) is 11.5 Å². The molecule has 0 amide bonds. The van der Waals surface area contributed by atoms with E-state index in [1.54, 1.807) is 0 Å². The molecular weight excluding hydrogens is 448 g/mol. The molecule has 2 aromatic carbocycles. The predicted octanol–water partition coefficient (Wildman–Crippen LogP) is 6.13. The molecule has 5 heteroatoms. The maximum atomic E-state index is 6.66. The van der Waals surface area contributed by atoms with Gasteiger partial charge in [-0.25, -0.2) is 0 Å². The zero-order chi connectivity index (χ0) is 24.6. The molecule has 1 saturated carbocycles. The normalized spacial score (nSPS) is 20.8. The molecule has 1 saturated heterocycles. The number of fused-ring (bicyclic) bond motifs is 1. The van der Waals surface area contributed by atoms with Gasteiger partial charge in [0, 0.05) is 38.7 Å². The second kappa shape index (κ2) is 12.8. The van der Waals surface area contributed by atoms with Crippen LogP contribution in [0.3, 0.4) is 0 Å². The number of piperazine rings is 1. The van der Waals surface area contributed by atoms with Crippen molar-refractivity contribution >= 4 is 5.69 Å². The first-order valence-electron chi connectivity index (χ1n) is 14.4. The Morgan fingerprint density at radius 2 is 1.67 bits per heavy atom. The molecular formula is C31H44N2O3. The molecule has 5 nitrogen and oxygen atoms in total. The smallest absolute Gasteiger partial charge is 0.184 e. The molecule has 2 unspecified atom stereocenters. The number of hydrogen-bond donors (Lipinski definition) is 0. The van der Waals surface area contributed by atoms with Crippen molar-refractivity contribution in [2.45, 2.75) is 63.9 Å². The molecule has 2 heterocycles. The van der Waals surface area contributed by atoms with Crippen LogP contribution in [0.25, 0.3) is 0 Å². The molecule has 2 atom stereocenters. The van der Waals surface area contributed by atoms with Crippen molar-refractivity contribution in [3.8, 4) is 11.5 Å². The van der Waals surface area contributed by atoms with Crippen molar-refractivity contribution in [3.63, 3.8) is 0 Å². The molecule has 0 spiro atoms. The molecule has 0 aromatic heterocycles. The Balaban J connectivity index is 1.23. The van der Waals surface area contributed by atoms with E-state index in [0.29, 0.717) is 31.2 Å². The largest absolute Gasteiger partial charge is 0.486 e. The van der Waals surface area contributed by atoms with E-state index in [0.717, 1.165) is 63.7 Å². The summed E-state index contributed by atoms with van der Waals surface area (Å²) in [5.74, 6) is 2.96. The van der Waals surface area contributed by atoms with Crippen LogP contribution in [0.4, 0.5) is 5.69 Å². The highest BCUT2D eigenvalue weighted by atomic mass is 16.6. The van der Waals surface area contributed by atoms with Crippen LogP contribution in [-0.4, -0.2) is 63.5 Å². The van der Waals surface area contributed by atoms with E-state index < -0.39 is 0 Å². The summed E-state index contributed by atoms with van der Waals surface area (Å²) in [7, 11) is 0. The van der Waals surface area contributed by atoms with Crippen LogP contribution in [0.1, 0.15) is 63.4 Å². The molecule has 0 bridgehead atoms. The van der Waals surface area contributed by atoms with Crippen LogP contribution >= 0.6 is 0 Å². The van der Waals surface area contributed by atoms with E-state index >= 15 is 0 Å². The van der Waals surface area contributed by atoms with Crippen LogP contribution in [0, 0.1) is 5.92 Å². The minimum atomic E-state index is 0.335. The standard InChI is InChI=1S/C31H44N2O3/c1-2-22-35-30(26-12-7-4-8-13-26)27(25-10-5-3-6-11-25)16-17-32-18-20-33(21-19-32)28-14-9-15-29-31(28)36-24-23-34-29/h3,5-6,9-11,14-15,26-27,30H,2,4,7-8,12-13,16-24H2,1H3. The molecule has 2 aromatic rings. The van der Waals surface area contributed by atoms with Crippen molar-refractivity contribution in [1.29, 1.82) is 0 Å². The highest BCUT2D eigenvalue weighted by Gasteiger charge is 2.33. The molecule has 3 aliphatic rings. The van der Waals surface area contributed by atoms with E-state index in [4.69, 9.17) is 14.2 Å². The summed E-state index contributed by atoms with van der Waals surface area (Å²) in [6.07, 6.45) is 9.33. The van der Waals surface area contributed by atoms with Crippen LogP contribution < -0.4 is 14.4 Å². The monoisotopic (exact) mass is 492 g/mol. The average molecular weight is 493 g/mol. The van der Waals surface area contributed by atoms with Gasteiger partial charge in [-0.05, 0) is 55.8 Å². The first-order valence-corrected chi connectivity index (χ1v) is 14.4. The third-order valence-corrected chi connectivity index (χ3v) is 8.27. The van der Waals surface area contributed by atoms with Crippen LogP contribution in [0.15, 0.2) is 48.5 Å². The van der Waals surface area contributed by atoms with Crippen molar-refractivity contribution in [3.05, 3.63) is 54.1 Å². The molecule has 0 N–H and O–H groups in total. The fourth-order valence-corrected chi connectivity index (χ4v) is 6.36. The minimum Gasteiger partial charge on any atom is -0.486 e. The molecule has 1 aliphatic carbocycles. The lowest BCUT2D eigenvalue weighted by Crippen LogP contribution is -2.47. The second-order valence-electron chi connectivity index (χ2n) is 10.7. The Morgan fingerprint density at radius 3 is 2.44 bits per heavy atom. The maximum Gasteiger partial charge on any atom is 0.184 e. The summed E-state index contributed by atoms with van der Waals surface area (Å²) in [6, 6.07) is 17.5. The number of benzene rings is 2. The quantitative estimate of drug-likeness (QED) is 0.399. The third-order valence-electron chi connectivity index (χ3n) is 8.27. The Labute approximate surface area is 217 Å². The fraction of sp³-hybridized carbons (Fsp3) is 0.613. The number of hydrogen-bond acceptors (Lipinski definition) is 5. The maximum absolute atomic E-state index is 6.66. The number of anilines is 1. The molecule has 196 valence electrons. The molecule has 2 aliphatic heterocycles. The highest BCUT2D eigenvalue weighted by molar-refractivity contribution is 5.65. The predicted molar refractivity (Wildman–Crippen MR) is 146 cm³/mol. The highest BCUT2D eigenvalue weighted by Crippen LogP contribution is 2.40. The summed E-state index contributed by atoms with van der Waals surface area (Å²) in [5, 5.41) is 0. The number of para-hydroxylation sites is 1. The van der Waals surface area contributed by atoms with Gasteiger partial charge in [-0.2, -0.15) is 0 Å². The van der Waals surface area contributed by atoms with E-state index in [2.05, 4.69) is 59.2 Å². The zero-order valence-electron chi connectivity index (χ0n) is 22.1. The lowest BCUT2D eigenvalue weighted by molar-refractivity contribution is -0.0204.